The van der Waals surface area contributed by atoms with Gasteiger partial charge in [-0.2, -0.15) is 0 Å². The molecule has 2 aromatic heterocycles. The molecule has 0 saturated carbocycles. The Kier molecular flexibility index (Phi) is 5.84. The van der Waals surface area contributed by atoms with E-state index in [4.69, 9.17) is 14.7 Å². The molecule has 1 unspecified atom stereocenters. The number of fused-ring (bicyclic) bond motifs is 2. The fraction of sp³-hybridized carbons (Fsp3) is 0.286. The van der Waals surface area contributed by atoms with Crippen LogP contribution in [0.5, 0.6) is 5.75 Å². The maximum absolute atomic E-state index is 13.4. The summed E-state index contributed by atoms with van der Waals surface area (Å²) >= 11 is 0. The molecule has 2 aliphatic rings. The summed E-state index contributed by atoms with van der Waals surface area (Å²) in [5.41, 5.74) is 6.59. The molecule has 3 heterocycles. The Labute approximate surface area is 204 Å². The molecule has 0 bridgehead atoms. The second-order valence-electron chi connectivity index (χ2n) is 9.00. The van der Waals surface area contributed by atoms with E-state index in [0.717, 1.165) is 45.8 Å². The molecule has 178 valence electrons. The van der Waals surface area contributed by atoms with Gasteiger partial charge in [0, 0.05) is 25.6 Å². The van der Waals surface area contributed by atoms with Crippen LogP contribution in [0.15, 0.2) is 65.8 Å². The lowest BCUT2D eigenvalue weighted by Crippen LogP contribution is -2.37. The SMILES string of the molecule is CCc1nc2c(C)cc(C)nc2n1CC1=CC2=CCN(C(=O)c3ccccc3OC(C)=O)C2C=C1. The Morgan fingerprint density at radius 3 is 2.74 bits per heavy atom. The van der Waals surface area contributed by atoms with E-state index in [-0.39, 0.29) is 17.7 Å². The normalized spacial score (nSPS) is 16.8. The molecule has 0 spiro atoms. The van der Waals surface area contributed by atoms with Gasteiger partial charge in [-0.05, 0) is 48.8 Å². The van der Waals surface area contributed by atoms with Crippen LogP contribution < -0.4 is 4.74 Å². The molecule has 35 heavy (non-hydrogen) atoms. The van der Waals surface area contributed by atoms with Gasteiger partial charge in [-0.25, -0.2) is 9.97 Å². The summed E-state index contributed by atoms with van der Waals surface area (Å²) in [6, 6.07) is 8.78. The highest BCUT2D eigenvalue weighted by atomic mass is 16.5. The van der Waals surface area contributed by atoms with Gasteiger partial charge in [-0.3, -0.25) is 9.59 Å². The number of aryl methyl sites for hydroxylation is 3. The lowest BCUT2D eigenvalue weighted by atomic mass is 9.98. The minimum absolute atomic E-state index is 0.149. The van der Waals surface area contributed by atoms with Crippen molar-refractivity contribution in [2.24, 2.45) is 0 Å². The van der Waals surface area contributed by atoms with Crippen LogP contribution in [-0.2, 0) is 17.8 Å². The Bertz CT molecular complexity index is 1440. The molecule has 3 aromatic rings. The van der Waals surface area contributed by atoms with Crippen molar-refractivity contribution in [2.75, 3.05) is 6.54 Å². The maximum Gasteiger partial charge on any atom is 0.308 e. The van der Waals surface area contributed by atoms with Crippen LogP contribution in [0, 0.1) is 13.8 Å². The van der Waals surface area contributed by atoms with Crippen molar-refractivity contribution in [3.8, 4) is 5.75 Å². The molecule has 1 aromatic carbocycles. The molecule has 1 aliphatic heterocycles. The van der Waals surface area contributed by atoms with Crippen LogP contribution >= 0.6 is 0 Å². The number of hydrogen-bond acceptors (Lipinski definition) is 5. The quantitative estimate of drug-likeness (QED) is 0.408. The first-order valence-corrected chi connectivity index (χ1v) is 11.9. The minimum atomic E-state index is -0.450. The Balaban J connectivity index is 1.39. The number of carbonyl (C=O) groups excluding carboxylic acids is 2. The first kappa shape index (κ1) is 22.8. The predicted octanol–water partition coefficient (Wildman–Crippen LogP) is 4.48. The standard InChI is InChI=1S/C28H28N4O3/c1-5-25-30-26-17(2)14-18(3)29-27(26)32(25)16-20-10-11-23-21(15-20)12-13-31(23)28(34)22-8-6-7-9-24(22)35-19(4)33/h6-12,14-15,23H,5,13,16H2,1-4H3. The minimum Gasteiger partial charge on any atom is -0.426 e. The third kappa shape index (κ3) is 4.18. The third-order valence-electron chi connectivity index (χ3n) is 6.44. The van der Waals surface area contributed by atoms with E-state index in [0.29, 0.717) is 18.7 Å². The van der Waals surface area contributed by atoms with E-state index in [1.54, 1.807) is 29.2 Å². The number of amides is 1. The van der Waals surface area contributed by atoms with Crippen LogP contribution in [0.2, 0.25) is 0 Å². The Morgan fingerprint density at radius 2 is 1.97 bits per heavy atom. The zero-order valence-corrected chi connectivity index (χ0v) is 20.4. The summed E-state index contributed by atoms with van der Waals surface area (Å²) in [7, 11) is 0. The predicted molar refractivity (Wildman–Crippen MR) is 134 cm³/mol. The van der Waals surface area contributed by atoms with E-state index in [1.165, 1.54) is 6.92 Å². The van der Waals surface area contributed by atoms with Crippen LogP contribution in [0.25, 0.3) is 11.2 Å². The van der Waals surface area contributed by atoms with Gasteiger partial charge in [-0.15, -0.1) is 0 Å². The van der Waals surface area contributed by atoms with Crippen LogP contribution in [0.1, 0.15) is 41.3 Å². The average molecular weight is 469 g/mol. The third-order valence-corrected chi connectivity index (χ3v) is 6.44. The lowest BCUT2D eigenvalue weighted by Gasteiger charge is -2.27. The van der Waals surface area contributed by atoms with Gasteiger partial charge in [0.15, 0.2) is 5.65 Å². The van der Waals surface area contributed by atoms with E-state index in [1.807, 2.05) is 6.92 Å². The van der Waals surface area contributed by atoms with Gasteiger partial charge >= 0.3 is 5.97 Å². The highest BCUT2D eigenvalue weighted by Gasteiger charge is 2.32. The number of hydrogen-bond donors (Lipinski definition) is 0. The van der Waals surface area contributed by atoms with E-state index in [2.05, 4.69) is 48.8 Å². The van der Waals surface area contributed by atoms with Crippen molar-refractivity contribution in [1.29, 1.82) is 0 Å². The summed E-state index contributed by atoms with van der Waals surface area (Å²) in [5, 5.41) is 0. The molecule has 0 fully saturated rings. The van der Waals surface area contributed by atoms with Gasteiger partial charge in [0.05, 0.1) is 18.2 Å². The summed E-state index contributed by atoms with van der Waals surface area (Å²) < 4.78 is 7.46. The highest BCUT2D eigenvalue weighted by Crippen LogP contribution is 2.31. The molecule has 1 aliphatic carbocycles. The zero-order chi connectivity index (χ0) is 24.7. The van der Waals surface area contributed by atoms with Gasteiger partial charge in [0.25, 0.3) is 5.91 Å². The smallest absolute Gasteiger partial charge is 0.308 e. The molecule has 7 nitrogen and oxygen atoms in total. The molecule has 0 saturated heterocycles. The Hall–Kier alpha value is -4.00. The second-order valence-corrected chi connectivity index (χ2v) is 9.00. The van der Waals surface area contributed by atoms with Crippen molar-refractivity contribution in [1.82, 2.24) is 19.4 Å². The molecular weight excluding hydrogens is 440 g/mol. The second kappa shape index (κ2) is 8.98. The first-order chi connectivity index (χ1) is 16.9. The van der Waals surface area contributed by atoms with E-state index in [9.17, 15) is 9.59 Å². The largest absolute Gasteiger partial charge is 0.426 e. The van der Waals surface area contributed by atoms with Gasteiger partial charge < -0.3 is 14.2 Å². The fourth-order valence-corrected chi connectivity index (χ4v) is 4.87. The number of allylic oxidation sites excluding steroid dienone is 2. The number of esters is 1. The topological polar surface area (TPSA) is 77.3 Å². The number of ether oxygens (including phenoxy) is 1. The number of nitrogens with zero attached hydrogens (tertiary/aromatic N) is 4. The molecule has 1 atom stereocenters. The molecule has 7 heteroatoms. The average Bonchev–Trinajstić information content (AvgIpc) is 3.40. The molecule has 1 amide bonds. The lowest BCUT2D eigenvalue weighted by molar-refractivity contribution is -0.131. The number of para-hydroxylation sites is 1. The zero-order valence-electron chi connectivity index (χ0n) is 20.4. The summed E-state index contributed by atoms with van der Waals surface area (Å²) in [5.74, 6) is 0.682. The van der Waals surface area contributed by atoms with Crippen LogP contribution in [-0.4, -0.2) is 43.9 Å². The first-order valence-electron chi connectivity index (χ1n) is 11.9. The molecule has 0 radical (unpaired) electrons. The Morgan fingerprint density at radius 1 is 1.17 bits per heavy atom. The summed E-state index contributed by atoms with van der Waals surface area (Å²) in [6.45, 7) is 8.69. The van der Waals surface area contributed by atoms with Crippen molar-refractivity contribution >= 4 is 23.0 Å². The fourth-order valence-electron chi connectivity index (χ4n) is 4.87. The monoisotopic (exact) mass is 468 g/mol. The number of pyridine rings is 1. The van der Waals surface area contributed by atoms with Crippen molar-refractivity contribution < 1.29 is 14.3 Å². The van der Waals surface area contributed by atoms with E-state index >= 15 is 0 Å². The van der Waals surface area contributed by atoms with Crippen LogP contribution in [0.4, 0.5) is 0 Å². The number of carbonyl (C=O) groups is 2. The molecular formula is C28H28N4O3. The van der Waals surface area contributed by atoms with Gasteiger partial charge in [0.1, 0.15) is 17.1 Å². The van der Waals surface area contributed by atoms with E-state index < -0.39 is 5.97 Å². The number of aromatic nitrogens is 3. The van der Waals surface area contributed by atoms with Gasteiger partial charge in [0.2, 0.25) is 0 Å². The maximum atomic E-state index is 13.4. The van der Waals surface area contributed by atoms with Crippen molar-refractivity contribution in [3.63, 3.8) is 0 Å². The summed E-state index contributed by atoms with van der Waals surface area (Å²) in [6.07, 6.45) is 9.21. The van der Waals surface area contributed by atoms with Gasteiger partial charge in [-0.1, -0.05) is 43.4 Å². The van der Waals surface area contributed by atoms with Crippen LogP contribution in [0.3, 0.4) is 0 Å². The number of benzene rings is 1. The number of imidazole rings is 1. The van der Waals surface area contributed by atoms with Crippen molar-refractivity contribution in [2.45, 2.75) is 46.7 Å². The molecule has 0 N–H and O–H groups in total. The summed E-state index contributed by atoms with van der Waals surface area (Å²) in [4.78, 5) is 36.3. The number of rotatable bonds is 5. The highest BCUT2D eigenvalue weighted by molar-refractivity contribution is 5.98. The molecule has 5 rings (SSSR count). The van der Waals surface area contributed by atoms with Crippen molar-refractivity contribution in [3.05, 3.63) is 88.4 Å².